The van der Waals surface area contributed by atoms with E-state index in [9.17, 15) is 0 Å². The Hall–Kier alpha value is -4.56. The number of rotatable bonds is 16. The average Bonchev–Trinajstić information content (AvgIpc) is 4.41. The summed E-state index contributed by atoms with van der Waals surface area (Å²) in [5.74, 6) is -3.85. The fraction of sp³-hybridized carbons (Fsp3) is 0.429. The van der Waals surface area contributed by atoms with E-state index < -0.39 is 23.1 Å². The van der Waals surface area contributed by atoms with Gasteiger partial charge in [-0.2, -0.15) is 20.4 Å². The molecule has 8 aromatic rings. The summed E-state index contributed by atoms with van der Waals surface area (Å²) in [5.41, 5.74) is 3.00. The molecule has 0 radical (unpaired) electrons. The van der Waals surface area contributed by atoms with Gasteiger partial charge in [-0.15, -0.1) is 0 Å². The maximum absolute atomic E-state index is 6.34. The molecular weight excluding hydrogens is 1250 g/mol. The minimum absolute atomic E-state index is 0.0280. The van der Waals surface area contributed by atoms with Gasteiger partial charge < -0.3 is 37.9 Å². The van der Waals surface area contributed by atoms with Crippen molar-refractivity contribution in [1.82, 2.24) is 59.1 Å². The topological polar surface area (TPSA) is 197 Å². The maximum Gasteiger partial charge on any atom is 0.217 e. The minimum Gasteiger partial charge on any atom is -0.342 e. The summed E-state index contributed by atoms with van der Waals surface area (Å²) in [5, 5.41) is 20.8. The predicted molar refractivity (Wildman–Crippen MR) is 317 cm³/mol. The lowest BCUT2D eigenvalue weighted by Crippen LogP contribution is -2.34. The molecule has 4 aromatic carbocycles. The number of nitrogens with zero attached hydrogens (tertiary/aromatic N) is 12. The van der Waals surface area contributed by atoms with Crippen molar-refractivity contribution in [2.45, 2.75) is 127 Å². The van der Waals surface area contributed by atoms with E-state index in [2.05, 4.69) is 68.0 Å². The molecular formula is C56H60Cl8N12O8. The zero-order valence-corrected chi connectivity index (χ0v) is 52.0. The van der Waals surface area contributed by atoms with Crippen molar-refractivity contribution in [2.75, 3.05) is 26.4 Å². The van der Waals surface area contributed by atoms with Crippen molar-refractivity contribution in [1.29, 1.82) is 0 Å². The lowest BCUT2D eigenvalue weighted by Gasteiger charge is -2.29. The van der Waals surface area contributed by atoms with Crippen LogP contribution >= 0.6 is 92.8 Å². The number of aromatic nitrogens is 12. The second kappa shape index (κ2) is 29.0. The Morgan fingerprint density at radius 3 is 0.726 bits per heavy atom. The maximum atomic E-state index is 6.34. The molecule has 0 unspecified atom stereocenters. The van der Waals surface area contributed by atoms with Crippen LogP contribution in [0, 0.1) is 0 Å². The molecule has 20 nitrogen and oxygen atoms in total. The Labute approximate surface area is 525 Å². The number of hydrogen-bond acceptors (Lipinski definition) is 16. The Morgan fingerprint density at radius 2 is 0.571 bits per heavy atom. The van der Waals surface area contributed by atoms with E-state index in [4.69, 9.17) is 131 Å². The van der Waals surface area contributed by atoms with Crippen molar-refractivity contribution in [3.8, 4) is 0 Å². The van der Waals surface area contributed by atoms with Crippen LogP contribution in [0.5, 0.6) is 0 Å². The Kier molecular flexibility index (Phi) is 22.0. The van der Waals surface area contributed by atoms with E-state index in [0.29, 0.717) is 92.8 Å². The SMILES string of the molecule is CC[C@@H]1CO[C@@](Cn2cncn2)(c2ccc(Cl)cc2Cl)O1.CC[C@@H]1CO[C@](Cn2cncn2)(c2ccc(Cl)cc2Cl)O1.CC[C@H]1CO[C@@](Cn2cncn2)(c2ccc(Cl)cc2Cl)O1.CC[C@H]1CO[C@](Cn2cncn2)(c2ccc(Cl)cc2Cl)O1. The summed E-state index contributed by atoms with van der Waals surface area (Å²) < 4.78 is 55.2. The summed E-state index contributed by atoms with van der Waals surface area (Å²) >= 11 is 49.3. The molecule has 0 saturated carbocycles. The summed E-state index contributed by atoms with van der Waals surface area (Å²) in [7, 11) is 0. The fourth-order valence-corrected chi connectivity index (χ4v) is 11.8. The van der Waals surface area contributed by atoms with Gasteiger partial charge in [0.2, 0.25) is 23.1 Å². The molecule has 0 bridgehead atoms. The second-order valence-corrected chi connectivity index (χ2v) is 23.1. The minimum atomic E-state index is -0.962. The van der Waals surface area contributed by atoms with Gasteiger partial charge >= 0.3 is 0 Å². The summed E-state index contributed by atoms with van der Waals surface area (Å²) in [6.45, 7) is 11.8. The van der Waals surface area contributed by atoms with Crippen molar-refractivity contribution in [3.63, 3.8) is 0 Å². The van der Waals surface area contributed by atoms with Gasteiger partial charge in [0.25, 0.3) is 0 Å². The van der Waals surface area contributed by atoms with E-state index >= 15 is 0 Å². The van der Waals surface area contributed by atoms with Crippen LogP contribution in [0.1, 0.15) is 75.6 Å². The summed E-state index contributed by atoms with van der Waals surface area (Å²) in [6.07, 6.45) is 16.0. The van der Waals surface area contributed by atoms with Crippen molar-refractivity contribution < 1.29 is 37.9 Å². The molecule has 12 rings (SSSR count). The van der Waals surface area contributed by atoms with Crippen LogP contribution in [0.2, 0.25) is 40.2 Å². The van der Waals surface area contributed by atoms with E-state index in [0.717, 1.165) is 47.9 Å². The summed E-state index contributed by atoms with van der Waals surface area (Å²) in [6, 6.07) is 21.2. The van der Waals surface area contributed by atoms with Gasteiger partial charge in [-0.1, -0.05) is 145 Å². The average molecular weight is 1310 g/mol. The smallest absolute Gasteiger partial charge is 0.217 e. The molecule has 448 valence electrons. The molecule has 4 aliphatic rings. The van der Waals surface area contributed by atoms with Crippen LogP contribution in [0.25, 0.3) is 0 Å². The molecule has 4 saturated heterocycles. The van der Waals surface area contributed by atoms with Gasteiger partial charge in [-0.3, -0.25) is 0 Å². The van der Waals surface area contributed by atoms with E-state index in [1.165, 1.54) is 25.3 Å². The first kappa shape index (κ1) is 63.9. The molecule has 28 heteroatoms. The highest BCUT2D eigenvalue weighted by molar-refractivity contribution is 6.36. The molecule has 4 aliphatic heterocycles. The van der Waals surface area contributed by atoms with Gasteiger partial charge in [0.1, 0.15) is 76.8 Å². The molecule has 84 heavy (non-hydrogen) atoms. The van der Waals surface area contributed by atoms with Crippen LogP contribution < -0.4 is 0 Å². The zero-order valence-electron chi connectivity index (χ0n) is 46.0. The summed E-state index contributed by atoms with van der Waals surface area (Å²) in [4.78, 5) is 15.8. The third-order valence-corrected chi connectivity index (χ3v) is 16.2. The van der Waals surface area contributed by atoms with Crippen LogP contribution in [0.3, 0.4) is 0 Å². The lowest BCUT2D eigenvalue weighted by molar-refractivity contribution is -0.189. The number of benzene rings is 4. The highest BCUT2D eigenvalue weighted by Gasteiger charge is 2.48. The van der Waals surface area contributed by atoms with Gasteiger partial charge in [-0.05, 0) is 74.2 Å². The molecule has 8 heterocycles. The fourth-order valence-electron chi connectivity index (χ4n) is 9.61. The van der Waals surface area contributed by atoms with Crippen LogP contribution in [0.4, 0.5) is 0 Å². The molecule has 4 fully saturated rings. The Balaban J connectivity index is 0.000000134. The standard InChI is InChI=1S/4C14H15Cl2N3O2/c4*1-2-11-6-20-14(21-11,7-19-9-17-8-18-19)12-4-3-10(15)5-13(12)16/h4*3-5,8-9,11H,2,6-7H2,1H3/t2*11-,14+;2*11-,14-/m1010/s1. The Morgan fingerprint density at radius 1 is 0.357 bits per heavy atom. The highest BCUT2D eigenvalue weighted by Crippen LogP contribution is 2.45. The first-order chi connectivity index (χ1) is 40.5. The largest absolute Gasteiger partial charge is 0.342 e. The first-order valence-corrected chi connectivity index (χ1v) is 29.9. The van der Waals surface area contributed by atoms with Gasteiger partial charge in [0.15, 0.2) is 0 Å². The van der Waals surface area contributed by atoms with Gasteiger partial charge in [0, 0.05) is 42.3 Å². The van der Waals surface area contributed by atoms with Crippen molar-refractivity contribution in [2.24, 2.45) is 0 Å². The van der Waals surface area contributed by atoms with Crippen molar-refractivity contribution in [3.05, 3.63) is 186 Å². The quantitative estimate of drug-likeness (QED) is 0.0885. The predicted octanol–water partition coefficient (Wildman–Crippen LogP) is 13.1. The van der Waals surface area contributed by atoms with E-state index in [1.54, 1.807) is 92.6 Å². The van der Waals surface area contributed by atoms with Gasteiger partial charge in [-0.25, -0.2) is 38.7 Å². The van der Waals surface area contributed by atoms with E-state index in [-0.39, 0.29) is 24.4 Å². The molecule has 8 atom stereocenters. The van der Waals surface area contributed by atoms with Crippen LogP contribution in [-0.4, -0.2) is 110 Å². The van der Waals surface area contributed by atoms with E-state index in [1.807, 2.05) is 24.3 Å². The molecule has 0 aliphatic carbocycles. The normalized spacial score (nSPS) is 25.4. The highest BCUT2D eigenvalue weighted by atomic mass is 35.5. The molecule has 0 N–H and O–H groups in total. The zero-order chi connectivity index (χ0) is 59.5. The number of ether oxygens (including phenoxy) is 8. The van der Waals surface area contributed by atoms with Crippen molar-refractivity contribution >= 4 is 92.8 Å². The Bertz CT molecular complexity index is 2920. The third kappa shape index (κ3) is 15.4. The van der Waals surface area contributed by atoms with Crippen LogP contribution in [0.15, 0.2) is 123 Å². The monoisotopic (exact) mass is 1310 g/mol. The second-order valence-electron chi connectivity index (χ2n) is 19.7. The molecule has 4 aromatic heterocycles. The number of hydrogen-bond donors (Lipinski definition) is 0. The third-order valence-electron chi connectivity index (χ3n) is 14.0. The lowest BCUT2D eigenvalue weighted by atomic mass is 10.1. The molecule has 0 spiro atoms. The molecule has 0 amide bonds. The van der Waals surface area contributed by atoms with Gasteiger partial charge in [0.05, 0.1) is 70.9 Å². The first-order valence-electron chi connectivity index (χ1n) is 26.9. The van der Waals surface area contributed by atoms with Crippen LogP contribution in [-0.2, 0) is 87.2 Å². The number of halogens is 8.